The number of methoxy groups -OCH3 is 4. The van der Waals surface area contributed by atoms with Gasteiger partial charge in [0.25, 0.3) is 0 Å². The van der Waals surface area contributed by atoms with E-state index in [2.05, 4.69) is 10.2 Å². The van der Waals surface area contributed by atoms with E-state index < -0.39 is 0 Å². The molecule has 0 bridgehead atoms. The predicted molar refractivity (Wildman–Crippen MR) is 131 cm³/mol. The first-order valence-electron chi connectivity index (χ1n) is 9.48. The van der Waals surface area contributed by atoms with Gasteiger partial charge in [0.05, 0.1) is 35.0 Å². The smallest absolute Gasteiger partial charge is 0.194 e. The third-order valence-corrected chi connectivity index (χ3v) is 4.48. The van der Waals surface area contributed by atoms with Crippen molar-refractivity contribution in [2.45, 2.75) is 20.0 Å². The van der Waals surface area contributed by atoms with Gasteiger partial charge < -0.3 is 29.2 Å². The number of nitrogens with zero attached hydrogens (tertiary/aromatic N) is 2. The van der Waals surface area contributed by atoms with Crippen LogP contribution in [0.4, 0.5) is 0 Å². The van der Waals surface area contributed by atoms with Crippen LogP contribution in [0, 0.1) is 0 Å². The first kappa shape index (κ1) is 25.7. The Kier molecular flexibility index (Phi) is 11.2. The largest absolute Gasteiger partial charge is 0.497 e. The molecule has 0 radical (unpaired) electrons. The number of benzene rings is 2. The lowest BCUT2D eigenvalue weighted by atomic mass is 10.1. The molecule has 0 spiro atoms. The minimum absolute atomic E-state index is 0. The quantitative estimate of drug-likeness (QED) is 0.302. The van der Waals surface area contributed by atoms with Crippen LogP contribution in [0.3, 0.4) is 0 Å². The second-order valence-corrected chi connectivity index (χ2v) is 6.36. The standard InChI is InChI=1S/C22H31N3O4.HI/c1-7-23-22(24-14-16-9-8-10-19(27-4)21(16)29-6)25(2)15-17-11-12-18(26-3)13-20(17)28-5;/h8-13H,7,14-15H2,1-6H3,(H,23,24);1H. The molecule has 2 aromatic rings. The fourth-order valence-corrected chi connectivity index (χ4v) is 3.02. The molecule has 2 aromatic carbocycles. The summed E-state index contributed by atoms with van der Waals surface area (Å²) in [6.45, 7) is 3.91. The SMILES string of the molecule is CCNC(=NCc1cccc(OC)c1OC)N(C)Cc1ccc(OC)cc1OC.I. The fourth-order valence-electron chi connectivity index (χ4n) is 3.02. The van der Waals surface area contributed by atoms with E-state index in [9.17, 15) is 0 Å². The lowest BCUT2D eigenvalue weighted by Gasteiger charge is -2.23. The highest BCUT2D eigenvalue weighted by Crippen LogP contribution is 2.31. The van der Waals surface area contributed by atoms with Gasteiger partial charge in [-0.3, -0.25) is 0 Å². The first-order chi connectivity index (χ1) is 14.1. The van der Waals surface area contributed by atoms with E-state index in [1.54, 1.807) is 28.4 Å². The maximum Gasteiger partial charge on any atom is 0.194 e. The second kappa shape index (κ2) is 13.0. The van der Waals surface area contributed by atoms with Gasteiger partial charge in [0.1, 0.15) is 11.5 Å². The first-order valence-corrected chi connectivity index (χ1v) is 9.48. The van der Waals surface area contributed by atoms with Crippen molar-refractivity contribution in [1.29, 1.82) is 0 Å². The van der Waals surface area contributed by atoms with Crippen LogP contribution < -0.4 is 24.3 Å². The minimum atomic E-state index is 0. The lowest BCUT2D eigenvalue weighted by Crippen LogP contribution is -2.38. The highest BCUT2D eigenvalue weighted by Gasteiger charge is 2.13. The van der Waals surface area contributed by atoms with Crippen LogP contribution in [0.1, 0.15) is 18.1 Å². The molecule has 0 aromatic heterocycles. The van der Waals surface area contributed by atoms with Crippen LogP contribution in [-0.2, 0) is 13.1 Å². The lowest BCUT2D eigenvalue weighted by molar-refractivity contribution is 0.351. The minimum Gasteiger partial charge on any atom is -0.497 e. The van der Waals surface area contributed by atoms with E-state index in [0.29, 0.717) is 24.6 Å². The van der Waals surface area contributed by atoms with Crippen molar-refractivity contribution < 1.29 is 18.9 Å². The molecular formula is C22H32IN3O4. The molecule has 30 heavy (non-hydrogen) atoms. The van der Waals surface area contributed by atoms with E-state index in [0.717, 1.165) is 35.1 Å². The van der Waals surface area contributed by atoms with Crippen LogP contribution in [-0.4, -0.2) is 52.9 Å². The summed E-state index contributed by atoms with van der Waals surface area (Å²) in [7, 11) is 8.56. The summed E-state index contributed by atoms with van der Waals surface area (Å²) in [4.78, 5) is 6.84. The number of rotatable bonds is 9. The highest BCUT2D eigenvalue weighted by molar-refractivity contribution is 14.0. The summed E-state index contributed by atoms with van der Waals surface area (Å²) < 4.78 is 21.7. The summed E-state index contributed by atoms with van der Waals surface area (Å²) in [6, 6.07) is 11.6. The number of hydrogen-bond acceptors (Lipinski definition) is 5. The molecule has 1 N–H and O–H groups in total. The monoisotopic (exact) mass is 529 g/mol. The summed E-state index contributed by atoms with van der Waals surface area (Å²) in [5.41, 5.74) is 2.00. The average molecular weight is 529 g/mol. The summed E-state index contributed by atoms with van der Waals surface area (Å²) in [5.74, 6) is 3.73. The maximum atomic E-state index is 5.52. The number of hydrogen-bond donors (Lipinski definition) is 1. The summed E-state index contributed by atoms with van der Waals surface area (Å²) in [5, 5.41) is 3.34. The third kappa shape index (κ3) is 6.58. The van der Waals surface area contributed by atoms with E-state index in [-0.39, 0.29) is 24.0 Å². The molecule has 7 nitrogen and oxygen atoms in total. The molecule has 0 saturated carbocycles. The van der Waals surface area contributed by atoms with Crippen molar-refractivity contribution in [3.8, 4) is 23.0 Å². The van der Waals surface area contributed by atoms with Crippen LogP contribution in [0.25, 0.3) is 0 Å². The number of nitrogens with one attached hydrogen (secondary N) is 1. The van der Waals surface area contributed by atoms with Crippen molar-refractivity contribution >= 4 is 29.9 Å². The molecule has 0 fully saturated rings. The molecule has 166 valence electrons. The molecule has 0 aliphatic heterocycles. The van der Waals surface area contributed by atoms with E-state index >= 15 is 0 Å². The Morgan fingerprint density at radius 3 is 2.27 bits per heavy atom. The van der Waals surface area contributed by atoms with Crippen LogP contribution in [0.5, 0.6) is 23.0 Å². The van der Waals surface area contributed by atoms with Gasteiger partial charge in [-0.25, -0.2) is 4.99 Å². The number of para-hydroxylation sites is 1. The molecule has 8 heteroatoms. The molecule has 0 unspecified atom stereocenters. The van der Waals surface area contributed by atoms with Gasteiger partial charge in [-0.05, 0) is 25.1 Å². The van der Waals surface area contributed by atoms with E-state index in [1.165, 1.54) is 0 Å². The second-order valence-electron chi connectivity index (χ2n) is 6.36. The van der Waals surface area contributed by atoms with E-state index in [1.807, 2.05) is 50.4 Å². The molecule has 0 aliphatic rings. The molecule has 0 amide bonds. The average Bonchev–Trinajstić information content (AvgIpc) is 2.76. The Hall–Kier alpha value is -2.36. The van der Waals surface area contributed by atoms with Crippen molar-refractivity contribution in [2.24, 2.45) is 4.99 Å². The van der Waals surface area contributed by atoms with Crippen molar-refractivity contribution in [3.63, 3.8) is 0 Å². The Labute approximate surface area is 196 Å². The molecule has 2 rings (SSSR count). The van der Waals surface area contributed by atoms with Gasteiger partial charge in [0, 0.05) is 37.3 Å². The van der Waals surface area contributed by atoms with Crippen LogP contribution in [0.15, 0.2) is 41.4 Å². The van der Waals surface area contributed by atoms with Crippen LogP contribution >= 0.6 is 24.0 Å². The zero-order valence-electron chi connectivity index (χ0n) is 18.5. The number of aliphatic imine (C=N–C) groups is 1. The van der Waals surface area contributed by atoms with Crippen molar-refractivity contribution in [3.05, 3.63) is 47.5 Å². The van der Waals surface area contributed by atoms with E-state index in [4.69, 9.17) is 23.9 Å². The predicted octanol–water partition coefficient (Wildman–Crippen LogP) is 3.94. The number of halogens is 1. The fraction of sp³-hybridized carbons (Fsp3) is 0.409. The molecule has 0 aliphatic carbocycles. The van der Waals surface area contributed by atoms with Gasteiger partial charge in [0.2, 0.25) is 0 Å². The van der Waals surface area contributed by atoms with Gasteiger partial charge in [-0.1, -0.05) is 12.1 Å². The topological polar surface area (TPSA) is 64.6 Å². The molecule has 0 saturated heterocycles. The molecule has 0 atom stereocenters. The molecular weight excluding hydrogens is 497 g/mol. The van der Waals surface area contributed by atoms with Gasteiger partial charge in [-0.2, -0.15) is 0 Å². The molecule has 0 heterocycles. The Bertz CT molecular complexity index is 830. The Balaban J connectivity index is 0.00000450. The third-order valence-electron chi connectivity index (χ3n) is 4.48. The van der Waals surface area contributed by atoms with Gasteiger partial charge in [-0.15, -0.1) is 24.0 Å². The van der Waals surface area contributed by atoms with Crippen molar-refractivity contribution in [1.82, 2.24) is 10.2 Å². The Morgan fingerprint density at radius 2 is 1.67 bits per heavy atom. The van der Waals surface area contributed by atoms with Gasteiger partial charge >= 0.3 is 0 Å². The Morgan fingerprint density at radius 1 is 0.933 bits per heavy atom. The number of ether oxygens (including phenoxy) is 4. The number of guanidine groups is 1. The maximum absolute atomic E-state index is 5.52. The highest BCUT2D eigenvalue weighted by atomic mass is 127. The zero-order valence-corrected chi connectivity index (χ0v) is 20.9. The van der Waals surface area contributed by atoms with Gasteiger partial charge in [0.15, 0.2) is 17.5 Å². The summed E-state index contributed by atoms with van der Waals surface area (Å²) in [6.07, 6.45) is 0. The normalized spacial score (nSPS) is 10.7. The van der Waals surface area contributed by atoms with Crippen LogP contribution in [0.2, 0.25) is 0 Å². The van der Waals surface area contributed by atoms with Crippen molar-refractivity contribution in [2.75, 3.05) is 42.0 Å². The zero-order chi connectivity index (χ0) is 21.2. The summed E-state index contributed by atoms with van der Waals surface area (Å²) >= 11 is 0.